The van der Waals surface area contributed by atoms with Crippen LogP contribution in [0.15, 0.2) is 22.7 Å². The molecule has 1 aromatic carbocycles. The van der Waals surface area contributed by atoms with Crippen LogP contribution in [-0.2, 0) is 14.3 Å². The van der Waals surface area contributed by atoms with Gasteiger partial charge < -0.3 is 14.4 Å². The summed E-state index contributed by atoms with van der Waals surface area (Å²) in [5.41, 5.74) is 1.30. The number of ether oxygens (including phenoxy) is 2. The highest BCUT2D eigenvalue weighted by molar-refractivity contribution is 9.10. The fourth-order valence-electron chi connectivity index (χ4n) is 4.06. The maximum Gasteiger partial charge on any atom is 0.315 e. The Kier molecular flexibility index (Phi) is 7.16. The number of nitrogens with zero attached hydrogens (tertiary/aromatic N) is 1. The first-order valence-corrected chi connectivity index (χ1v) is 10.7. The SMILES string of the molecule is CCOC(=O)CC(=O)N1CCC(COc2ccc(Br)cc2C2CCCC2)C1. The first kappa shape index (κ1) is 20.2. The smallest absolute Gasteiger partial charge is 0.315 e. The molecular formula is C21H28BrNO4. The van der Waals surface area contributed by atoms with Crippen molar-refractivity contribution in [1.29, 1.82) is 0 Å². The third-order valence-corrected chi connectivity index (χ3v) is 5.97. The monoisotopic (exact) mass is 437 g/mol. The van der Waals surface area contributed by atoms with E-state index in [0.29, 0.717) is 38.1 Å². The van der Waals surface area contributed by atoms with Gasteiger partial charge in [-0.3, -0.25) is 9.59 Å². The molecule has 1 saturated heterocycles. The van der Waals surface area contributed by atoms with Gasteiger partial charge in [0.05, 0.1) is 13.2 Å². The van der Waals surface area contributed by atoms with E-state index >= 15 is 0 Å². The van der Waals surface area contributed by atoms with Crippen LogP contribution in [0, 0.1) is 5.92 Å². The molecular weight excluding hydrogens is 410 g/mol. The van der Waals surface area contributed by atoms with Gasteiger partial charge >= 0.3 is 5.97 Å². The third-order valence-electron chi connectivity index (χ3n) is 5.48. The summed E-state index contributed by atoms with van der Waals surface area (Å²) in [7, 11) is 0. The number of rotatable bonds is 7. The normalized spacial score (nSPS) is 20.1. The van der Waals surface area contributed by atoms with Crippen LogP contribution in [-0.4, -0.2) is 43.1 Å². The number of hydrogen-bond acceptors (Lipinski definition) is 4. The Morgan fingerprint density at radius 1 is 1.22 bits per heavy atom. The van der Waals surface area contributed by atoms with Crippen molar-refractivity contribution in [3.8, 4) is 5.75 Å². The van der Waals surface area contributed by atoms with Crippen LogP contribution in [0.4, 0.5) is 0 Å². The summed E-state index contributed by atoms with van der Waals surface area (Å²) in [5, 5.41) is 0. The number of amides is 1. The van der Waals surface area contributed by atoms with E-state index in [2.05, 4.69) is 28.1 Å². The van der Waals surface area contributed by atoms with Crippen molar-refractivity contribution in [3.05, 3.63) is 28.2 Å². The van der Waals surface area contributed by atoms with Crippen molar-refractivity contribution in [1.82, 2.24) is 4.90 Å². The molecule has 1 amide bonds. The average Bonchev–Trinajstić information content (AvgIpc) is 3.33. The van der Waals surface area contributed by atoms with Gasteiger partial charge in [-0.15, -0.1) is 0 Å². The molecule has 5 nitrogen and oxygen atoms in total. The minimum atomic E-state index is -0.446. The molecule has 0 aromatic heterocycles. The van der Waals surface area contributed by atoms with Gasteiger partial charge in [0.1, 0.15) is 12.2 Å². The molecule has 6 heteroatoms. The lowest BCUT2D eigenvalue weighted by Gasteiger charge is -2.19. The van der Waals surface area contributed by atoms with E-state index in [4.69, 9.17) is 9.47 Å². The van der Waals surface area contributed by atoms with Gasteiger partial charge in [-0.1, -0.05) is 28.8 Å². The zero-order valence-electron chi connectivity index (χ0n) is 15.9. The van der Waals surface area contributed by atoms with Crippen LogP contribution in [0.3, 0.4) is 0 Å². The first-order valence-electron chi connectivity index (χ1n) is 9.92. The second-order valence-corrected chi connectivity index (χ2v) is 8.37. The van der Waals surface area contributed by atoms with Gasteiger partial charge in [0.15, 0.2) is 0 Å². The van der Waals surface area contributed by atoms with E-state index in [0.717, 1.165) is 16.6 Å². The van der Waals surface area contributed by atoms with Gasteiger partial charge in [0.2, 0.25) is 5.91 Å². The van der Waals surface area contributed by atoms with Crippen LogP contribution < -0.4 is 4.74 Å². The molecule has 2 aliphatic rings. The Bertz CT molecular complexity index is 672. The molecule has 1 aliphatic carbocycles. The van der Waals surface area contributed by atoms with E-state index in [9.17, 15) is 9.59 Å². The van der Waals surface area contributed by atoms with Gasteiger partial charge in [0, 0.05) is 23.5 Å². The topological polar surface area (TPSA) is 55.8 Å². The van der Waals surface area contributed by atoms with E-state index in [-0.39, 0.29) is 12.3 Å². The quantitative estimate of drug-likeness (QED) is 0.471. The minimum absolute atomic E-state index is 0.147. The number of carbonyl (C=O) groups is 2. The Labute approximate surface area is 169 Å². The van der Waals surface area contributed by atoms with Crippen LogP contribution in [0.25, 0.3) is 0 Å². The molecule has 1 aliphatic heterocycles. The summed E-state index contributed by atoms with van der Waals surface area (Å²) in [6, 6.07) is 6.27. The molecule has 0 bridgehead atoms. The number of likely N-dealkylation sites (tertiary alicyclic amines) is 1. The number of hydrogen-bond donors (Lipinski definition) is 0. The molecule has 0 radical (unpaired) electrons. The number of carbonyl (C=O) groups excluding carboxylic acids is 2. The Balaban J connectivity index is 1.52. The number of halogens is 1. The van der Waals surface area contributed by atoms with Gasteiger partial charge in [-0.25, -0.2) is 0 Å². The van der Waals surface area contributed by atoms with Crippen molar-refractivity contribution in [2.24, 2.45) is 5.92 Å². The summed E-state index contributed by atoms with van der Waals surface area (Å²) in [6.07, 6.45) is 5.77. The lowest BCUT2D eigenvalue weighted by Crippen LogP contribution is -2.31. The molecule has 1 saturated carbocycles. The van der Waals surface area contributed by atoms with Crippen molar-refractivity contribution >= 4 is 27.8 Å². The molecule has 27 heavy (non-hydrogen) atoms. The molecule has 148 valence electrons. The molecule has 1 unspecified atom stereocenters. The van der Waals surface area contributed by atoms with Gasteiger partial charge in [-0.05, 0) is 55.9 Å². The highest BCUT2D eigenvalue weighted by Crippen LogP contribution is 2.40. The lowest BCUT2D eigenvalue weighted by atomic mass is 9.97. The maximum atomic E-state index is 12.2. The van der Waals surface area contributed by atoms with Crippen LogP contribution in [0.1, 0.15) is 56.9 Å². The van der Waals surface area contributed by atoms with E-state index < -0.39 is 5.97 Å². The zero-order chi connectivity index (χ0) is 19.2. The van der Waals surface area contributed by atoms with Gasteiger partial charge in [0.25, 0.3) is 0 Å². The predicted molar refractivity (Wildman–Crippen MR) is 107 cm³/mol. The summed E-state index contributed by atoms with van der Waals surface area (Å²) >= 11 is 3.58. The fourth-order valence-corrected chi connectivity index (χ4v) is 4.44. The molecule has 2 fully saturated rings. The Morgan fingerprint density at radius 3 is 2.74 bits per heavy atom. The molecule has 1 atom stereocenters. The molecule has 0 spiro atoms. The first-order chi connectivity index (χ1) is 13.1. The van der Waals surface area contributed by atoms with Crippen LogP contribution >= 0.6 is 15.9 Å². The lowest BCUT2D eigenvalue weighted by molar-refractivity contribution is -0.148. The van der Waals surface area contributed by atoms with Crippen LogP contribution in [0.2, 0.25) is 0 Å². The summed E-state index contributed by atoms with van der Waals surface area (Å²) in [5.74, 6) is 1.27. The largest absolute Gasteiger partial charge is 0.493 e. The number of benzene rings is 1. The highest BCUT2D eigenvalue weighted by atomic mass is 79.9. The zero-order valence-corrected chi connectivity index (χ0v) is 17.5. The Hall–Kier alpha value is -1.56. The standard InChI is InChI=1S/C21H28BrNO4/c1-2-26-21(25)12-20(24)23-10-9-15(13-23)14-27-19-8-7-17(22)11-18(19)16-5-3-4-6-16/h7-8,11,15-16H,2-6,9-10,12-14H2,1H3. The fraction of sp³-hybridized carbons (Fsp3) is 0.619. The van der Waals surface area contributed by atoms with Gasteiger partial charge in [-0.2, -0.15) is 0 Å². The van der Waals surface area contributed by atoms with E-state index in [1.54, 1.807) is 11.8 Å². The summed E-state index contributed by atoms with van der Waals surface area (Å²) in [6.45, 7) is 3.98. The van der Waals surface area contributed by atoms with E-state index in [1.807, 2.05) is 6.07 Å². The number of esters is 1. The predicted octanol–water partition coefficient (Wildman–Crippen LogP) is 4.29. The van der Waals surface area contributed by atoms with Crippen molar-refractivity contribution < 1.29 is 19.1 Å². The van der Waals surface area contributed by atoms with Crippen molar-refractivity contribution in [2.45, 2.75) is 51.4 Å². The highest BCUT2D eigenvalue weighted by Gasteiger charge is 2.28. The molecule has 0 N–H and O–H groups in total. The molecule has 1 aromatic rings. The molecule has 3 rings (SSSR count). The second kappa shape index (κ2) is 9.58. The Morgan fingerprint density at radius 2 is 2.00 bits per heavy atom. The average molecular weight is 438 g/mol. The van der Waals surface area contributed by atoms with E-state index in [1.165, 1.54) is 31.2 Å². The van der Waals surface area contributed by atoms with Crippen LogP contribution in [0.5, 0.6) is 5.75 Å². The van der Waals surface area contributed by atoms with Crippen molar-refractivity contribution in [2.75, 3.05) is 26.3 Å². The minimum Gasteiger partial charge on any atom is -0.493 e. The molecule has 1 heterocycles. The van der Waals surface area contributed by atoms with Crippen molar-refractivity contribution in [3.63, 3.8) is 0 Å². The maximum absolute atomic E-state index is 12.2. The third kappa shape index (κ3) is 5.47. The summed E-state index contributed by atoms with van der Waals surface area (Å²) < 4.78 is 12.1. The second-order valence-electron chi connectivity index (χ2n) is 7.45. The summed E-state index contributed by atoms with van der Waals surface area (Å²) in [4.78, 5) is 25.4.